The van der Waals surface area contributed by atoms with E-state index in [-0.39, 0.29) is 23.8 Å². The number of hydrogen-bond donors (Lipinski definition) is 1. The molecular formula is C26H20BrN3O3. The molecule has 0 aliphatic carbocycles. The molecule has 7 heteroatoms. The number of carbonyl (C=O) groups excluding carboxylic acids is 1. The van der Waals surface area contributed by atoms with E-state index in [0.717, 1.165) is 32.2 Å². The Bertz CT molecular complexity index is 1450. The van der Waals surface area contributed by atoms with Crippen LogP contribution in [0.2, 0.25) is 0 Å². The van der Waals surface area contributed by atoms with Crippen LogP contribution in [0.4, 0.5) is 0 Å². The van der Waals surface area contributed by atoms with Crippen molar-refractivity contribution in [3.63, 3.8) is 0 Å². The predicted molar refractivity (Wildman–Crippen MR) is 129 cm³/mol. The van der Waals surface area contributed by atoms with Crippen molar-refractivity contribution >= 4 is 32.6 Å². The third kappa shape index (κ3) is 4.19. The van der Waals surface area contributed by atoms with Gasteiger partial charge < -0.3 is 14.1 Å². The molecule has 1 N–H and O–H groups in total. The van der Waals surface area contributed by atoms with E-state index in [1.54, 1.807) is 24.4 Å². The van der Waals surface area contributed by atoms with Crippen LogP contribution in [0.15, 0.2) is 81.9 Å². The smallest absolute Gasteiger partial charge is 0.264 e. The number of carbonyl (C=O) groups is 1. The van der Waals surface area contributed by atoms with Crippen molar-refractivity contribution < 1.29 is 14.3 Å². The molecule has 0 aliphatic heterocycles. The molecule has 0 aliphatic rings. The number of fused-ring (bicyclic) bond motifs is 1. The first-order chi connectivity index (χ1) is 16.0. The Morgan fingerprint density at radius 1 is 1.09 bits per heavy atom. The number of pyridine rings is 1. The van der Waals surface area contributed by atoms with Gasteiger partial charge in [-0.3, -0.25) is 9.78 Å². The van der Waals surface area contributed by atoms with E-state index in [1.807, 2.05) is 37.3 Å². The topological polar surface area (TPSA) is 81.2 Å². The fraction of sp³-hybridized carbons (Fsp3) is 0.115. The second-order valence-electron chi connectivity index (χ2n) is 7.82. The molecule has 33 heavy (non-hydrogen) atoms. The van der Waals surface area contributed by atoms with Crippen molar-refractivity contribution in [2.45, 2.75) is 19.9 Å². The summed E-state index contributed by atoms with van der Waals surface area (Å²) in [5.74, 6) is 0.423. The van der Waals surface area contributed by atoms with Gasteiger partial charge in [-0.1, -0.05) is 34.1 Å². The van der Waals surface area contributed by atoms with E-state index in [2.05, 4.69) is 42.6 Å². The van der Waals surface area contributed by atoms with Crippen LogP contribution in [0.3, 0.4) is 0 Å². The summed E-state index contributed by atoms with van der Waals surface area (Å²) in [6, 6.07) is 18.9. The number of phenolic OH excluding ortho intramolecular Hbond substituents is 1. The molecule has 0 unspecified atom stereocenters. The zero-order valence-corrected chi connectivity index (χ0v) is 19.4. The zero-order valence-electron chi connectivity index (χ0n) is 17.8. The van der Waals surface area contributed by atoms with Gasteiger partial charge in [-0.05, 0) is 60.5 Å². The summed E-state index contributed by atoms with van der Waals surface area (Å²) < 4.78 is 8.89. The average Bonchev–Trinajstić information content (AvgIpc) is 3.41. The molecule has 0 spiro atoms. The van der Waals surface area contributed by atoms with Gasteiger partial charge in [0, 0.05) is 40.2 Å². The van der Waals surface area contributed by atoms with Crippen LogP contribution in [0.5, 0.6) is 5.75 Å². The minimum atomic E-state index is -0.230. The molecule has 0 fully saturated rings. The highest BCUT2D eigenvalue weighted by Gasteiger charge is 2.21. The van der Waals surface area contributed by atoms with Gasteiger partial charge in [-0.2, -0.15) is 0 Å². The van der Waals surface area contributed by atoms with Crippen molar-refractivity contribution in [3.8, 4) is 17.2 Å². The van der Waals surface area contributed by atoms with Crippen molar-refractivity contribution in [2.75, 3.05) is 0 Å². The molecule has 0 radical (unpaired) electrons. The fourth-order valence-corrected chi connectivity index (χ4v) is 4.27. The molecule has 5 rings (SSSR count). The lowest BCUT2D eigenvalue weighted by molar-refractivity contribution is 0.0960. The van der Waals surface area contributed by atoms with Gasteiger partial charge in [0.2, 0.25) is 5.78 Å². The van der Waals surface area contributed by atoms with E-state index < -0.39 is 0 Å². The van der Waals surface area contributed by atoms with Crippen LogP contribution >= 0.6 is 15.9 Å². The largest absolute Gasteiger partial charge is 0.508 e. The van der Waals surface area contributed by atoms with Crippen molar-refractivity contribution in [2.24, 2.45) is 0 Å². The van der Waals surface area contributed by atoms with Crippen molar-refractivity contribution in [1.82, 2.24) is 14.5 Å². The number of aromatic nitrogens is 3. The maximum atomic E-state index is 13.1. The SMILES string of the molecule is Cc1c(CC(=O)c2ncc(-c3ccccn3)o2)c2cc(O)ccc2n1Cc1ccc(Br)cc1. The van der Waals surface area contributed by atoms with E-state index in [4.69, 9.17) is 4.42 Å². The molecule has 6 nitrogen and oxygen atoms in total. The van der Waals surface area contributed by atoms with Crippen molar-refractivity contribution in [3.05, 3.63) is 100 Å². The lowest BCUT2D eigenvalue weighted by Gasteiger charge is -2.09. The molecule has 3 aromatic heterocycles. The van der Waals surface area contributed by atoms with Gasteiger partial charge in [0.05, 0.1) is 6.20 Å². The standard InChI is InChI=1S/C26H20BrN3O3/c1-16-20(13-24(32)26-29-14-25(33-26)22-4-2-3-11-28-22)21-12-19(31)9-10-23(21)30(16)15-17-5-7-18(27)8-6-17/h2-12,14,31H,13,15H2,1H3. The summed E-state index contributed by atoms with van der Waals surface area (Å²) in [7, 11) is 0. The van der Waals surface area contributed by atoms with Crippen molar-refractivity contribution in [1.29, 1.82) is 0 Å². The molecule has 0 atom stereocenters. The maximum Gasteiger partial charge on any atom is 0.264 e. The third-order valence-corrected chi connectivity index (χ3v) is 6.22. The highest BCUT2D eigenvalue weighted by molar-refractivity contribution is 9.10. The average molecular weight is 502 g/mol. The molecule has 0 amide bonds. The normalized spacial score (nSPS) is 11.2. The quantitative estimate of drug-likeness (QED) is 0.291. The molecule has 164 valence electrons. The summed E-state index contributed by atoms with van der Waals surface area (Å²) in [5, 5.41) is 11.0. The molecule has 2 aromatic carbocycles. The Morgan fingerprint density at radius 3 is 2.67 bits per heavy atom. The summed E-state index contributed by atoms with van der Waals surface area (Å²) in [5.41, 5.74) is 4.52. The second-order valence-corrected chi connectivity index (χ2v) is 8.74. The lowest BCUT2D eigenvalue weighted by atomic mass is 10.0. The summed E-state index contributed by atoms with van der Waals surface area (Å²) in [6.07, 6.45) is 3.29. The van der Waals surface area contributed by atoms with Crippen LogP contribution in [-0.2, 0) is 13.0 Å². The first-order valence-electron chi connectivity index (χ1n) is 10.4. The minimum absolute atomic E-state index is 0.0454. The van der Waals surface area contributed by atoms with E-state index >= 15 is 0 Å². The number of phenols is 1. The molecule has 0 bridgehead atoms. The maximum absolute atomic E-state index is 13.1. The van der Waals surface area contributed by atoms with Crippen LogP contribution in [0.25, 0.3) is 22.4 Å². The van der Waals surface area contributed by atoms with Gasteiger partial charge in [0.15, 0.2) is 5.76 Å². The van der Waals surface area contributed by atoms with E-state index in [0.29, 0.717) is 18.0 Å². The Balaban J connectivity index is 1.49. The van der Waals surface area contributed by atoms with E-state index in [9.17, 15) is 9.90 Å². The van der Waals surface area contributed by atoms with Crippen LogP contribution in [0.1, 0.15) is 27.5 Å². The monoisotopic (exact) mass is 501 g/mol. The second kappa shape index (κ2) is 8.67. The molecule has 0 saturated carbocycles. The summed E-state index contributed by atoms with van der Waals surface area (Å²) >= 11 is 3.47. The van der Waals surface area contributed by atoms with Crippen LogP contribution < -0.4 is 0 Å². The third-order valence-electron chi connectivity index (χ3n) is 5.69. The number of rotatable bonds is 6. The summed E-state index contributed by atoms with van der Waals surface area (Å²) in [6.45, 7) is 2.64. The highest BCUT2D eigenvalue weighted by Crippen LogP contribution is 2.31. The lowest BCUT2D eigenvalue weighted by Crippen LogP contribution is -2.06. The van der Waals surface area contributed by atoms with Gasteiger partial charge in [-0.25, -0.2) is 4.98 Å². The fourth-order valence-electron chi connectivity index (χ4n) is 4.01. The van der Waals surface area contributed by atoms with E-state index in [1.165, 1.54) is 6.20 Å². The number of ketones is 1. The number of oxazole rings is 1. The number of nitrogens with zero attached hydrogens (tertiary/aromatic N) is 3. The minimum Gasteiger partial charge on any atom is -0.508 e. The number of benzene rings is 2. The molecule has 0 saturated heterocycles. The number of aromatic hydroxyl groups is 1. The molecule has 3 heterocycles. The van der Waals surface area contributed by atoms with Crippen LogP contribution in [0, 0.1) is 6.92 Å². The molecule has 5 aromatic rings. The first-order valence-corrected chi connectivity index (χ1v) is 11.2. The van der Waals surface area contributed by atoms with Gasteiger partial charge in [-0.15, -0.1) is 0 Å². The number of hydrogen-bond acceptors (Lipinski definition) is 5. The Kier molecular flexibility index (Phi) is 5.56. The zero-order chi connectivity index (χ0) is 22.9. The van der Waals surface area contributed by atoms with Gasteiger partial charge >= 0.3 is 0 Å². The number of Topliss-reactive ketones (excluding diaryl/α,β-unsaturated/α-hetero) is 1. The van der Waals surface area contributed by atoms with Crippen LogP contribution in [-0.4, -0.2) is 25.4 Å². The molecular weight excluding hydrogens is 482 g/mol. The predicted octanol–water partition coefficient (Wildman–Crippen LogP) is 5.94. The number of halogens is 1. The first kappa shape index (κ1) is 21.2. The van der Waals surface area contributed by atoms with Gasteiger partial charge in [0.25, 0.3) is 5.89 Å². The Morgan fingerprint density at radius 2 is 1.91 bits per heavy atom. The van der Waals surface area contributed by atoms with Gasteiger partial charge in [0.1, 0.15) is 11.4 Å². The Hall–Kier alpha value is -3.71. The summed E-state index contributed by atoms with van der Waals surface area (Å²) in [4.78, 5) is 21.5. The Labute approximate surface area is 198 Å². The highest BCUT2D eigenvalue weighted by atomic mass is 79.9.